The van der Waals surface area contributed by atoms with Crippen molar-refractivity contribution in [3.8, 4) is 11.3 Å². The van der Waals surface area contributed by atoms with Gasteiger partial charge in [0, 0.05) is 37.7 Å². The molecule has 2 fully saturated rings. The van der Waals surface area contributed by atoms with Gasteiger partial charge in [0.05, 0.1) is 5.69 Å². The van der Waals surface area contributed by atoms with Crippen LogP contribution in [0.2, 0.25) is 0 Å². The van der Waals surface area contributed by atoms with E-state index >= 15 is 0 Å². The van der Waals surface area contributed by atoms with Crippen LogP contribution in [0.3, 0.4) is 0 Å². The average Bonchev–Trinajstić information content (AvgIpc) is 2.74. The zero-order valence-corrected chi connectivity index (χ0v) is 16.1. The molecule has 1 saturated carbocycles. The van der Waals surface area contributed by atoms with Gasteiger partial charge >= 0.3 is 0 Å². The van der Waals surface area contributed by atoms with Gasteiger partial charge in [0.2, 0.25) is 5.91 Å². The number of aromatic nitrogens is 2. The van der Waals surface area contributed by atoms with Crippen molar-refractivity contribution in [2.75, 3.05) is 31.1 Å². The number of aryl methyl sites for hydroxylation is 1. The van der Waals surface area contributed by atoms with E-state index in [0.29, 0.717) is 5.91 Å². The number of hydrogen-bond donors (Lipinski definition) is 0. The Morgan fingerprint density at radius 3 is 2.33 bits per heavy atom. The molecule has 1 amide bonds. The van der Waals surface area contributed by atoms with Gasteiger partial charge in [0.25, 0.3) is 0 Å². The van der Waals surface area contributed by atoms with E-state index in [1.165, 1.54) is 24.8 Å². The highest BCUT2D eigenvalue weighted by Crippen LogP contribution is 2.26. The van der Waals surface area contributed by atoms with E-state index in [2.05, 4.69) is 39.1 Å². The quantitative estimate of drug-likeness (QED) is 0.834. The smallest absolute Gasteiger partial charge is 0.225 e. The molecule has 1 aliphatic heterocycles. The fourth-order valence-corrected chi connectivity index (χ4v) is 4.26. The summed E-state index contributed by atoms with van der Waals surface area (Å²) in [5.41, 5.74) is 3.23. The molecular formula is C22H28N4O. The Morgan fingerprint density at radius 2 is 1.67 bits per heavy atom. The minimum atomic E-state index is 0.262. The first-order chi connectivity index (χ1) is 13.2. The molecular weight excluding hydrogens is 336 g/mol. The molecule has 1 saturated heterocycles. The predicted molar refractivity (Wildman–Crippen MR) is 108 cm³/mol. The van der Waals surface area contributed by atoms with Crippen LogP contribution in [0.1, 0.15) is 37.7 Å². The Balaban J connectivity index is 1.37. The lowest BCUT2D eigenvalue weighted by atomic mass is 9.88. The van der Waals surface area contributed by atoms with Gasteiger partial charge in [0.1, 0.15) is 0 Å². The van der Waals surface area contributed by atoms with Gasteiger partial charge in [-0.15, -0.1) is 10.2 Å². The number of nitrogens with zero attached hydrogens (tertiary/aromatic N) is 4. The third kappa shape index (κ3) is 3.97. The zero-order chi connectivity index (χ0) is 18.6. The van der Waals surface area contributed by atoms with Gasteiger partial charge in [-0.3, -0.25) is 4.79 Å². The SMILES string of the molecule is Cc1ccccc1-c1ccc(N2CCN(C(=O)C3CCCCC3)CC2)nn1. The number of carbonyl (C=O) groups is 1. The summed E-state index contributed by atoms with van der Waals surface area (Å²) in [5, 5.41) is 8.89. The highest BCUT2D eigenvalue weighted by Gasteiger charge is 2.28. The van der Waals surface area contributed by atoms with E-state index in [1.54, 1.807) is 0 Å². The van der Waals surface area contributed by atoms with E-state index in [1.807, 2.05) is 24.3 Å². The summed E-state index contributed by atoms with van der Waals surface area (Å²) < 4.78 is 0. The molecule has 0 radical (unpaired) electrons. The van der Waals surface area contributed by atoms with Crippen LogP contribution in [-0.2, 0) is 4.79 Å². The summed E-state index contributed by atoms with van der Waals surface area (Å²) >= 11 is 0. The lowest BCUT2D eigenvalue weighted by molar-refractivity contribution is -0.136. The lowest BCUT2D eigenvalue weighted by Gasteiger charge is -2.37. The van der Waals surface area contributed by atoms with Crippen LogP contribution in [-0.4, -0.2) is 47.2 Å². The van der Waals surface area contributed by atoms with E-state index < -0.39 is 0 Å². The molecule has 5 nitrogen and oxygen atoms in total. The summed E-state index contributed by atoms with van der Waals surface area (Å²) in [4.78, 5) is 17.0. The molecule has 1 aromatic carbocycles. The van der Waals surface area contributed by atoms with Gasteiger partial charge in [0.15, 0.2) is 5.82 Å². The topological polar surface area (TPSA) is 49.3 Å². The Bertz CT molecular complexity index is 775. The maximum Gasteiger partial charge on any atom is 0.225 e. The molecule has 0 N–H and O–H groups in total. The third-order valence-corrected chi connectivity index (χ3v) is 5.94. The maximum absolute atomic E-state index is 12.7. The van der Waals surface area contributed by atoms with Crippen molar-refractivity contribution in [1.29, 1.82) is 0 Å². The van der Waals surface area contributed by atoms with Crippen molar-refractivity contribution in [2.24, 2.45) is 5.92 Å². The minimum Gasteiger partial charge on any atom is -0.352 e. The van der Waals surface area contributed by atoms with Crippen LogP contribution in [0, 0.1) is 12.8 Å². The van der Waals surface area contributed by atoms with E-state index in [0.717, 1.165) is 56.1 Å². The fraction of sp³-hybridized carbons (Fsp3) is 0.500. The van der Waals surface area contributed by atoms with Crippen molar-refractivity contribution >= 4 is 11.7 Å². The minimum absolute atomic E-state index is 0.262. The number of benzene rings is 1. The molecule has 2 aliphatic rings. The van der Waals surface area contributed by atoms with E-state index in [4.69, 9.17) is 0 Å². The standard InChI is InChI=1S/C22H28N4O/c1-17-7-5-6-10-19(17)20-11-12-21(24-23-20)25-13-15-26(16-14-25)22(27)18-8-3-2-4-9-18/h5-7,10-12,18H,2-4,8-9,13-16H2,1H3. The first-order valence-corrected chi connectivity index (χ1v) is 10.2. The van der Waals surface area contributed by atoms with Crippen LogP contribution in [0.4, 0.5) is 5.82 Å². The number of carbonyl (C=O) groups excluding carboxylic acids is 1. The second-order valence-corrected chi connectivity index (χ2v) is 7.74. The Morgan fingerprint density at radius 1 is 0.926 bits per heavy atom. The van der Waals surface area contributed by atoms with Crippen molar-refractivity contribution in [3.63, 3.8) is 0 Å². The largest absolute Gasteiger partial charge is 0.352 e. The second kappa shape index (κ2) is 8.07. The molecule has 1 aliphatic carbocycles. The van der Waals surface area contributed by atoms with E-state index in [-0.39, 0.29) is 5.92 Å². The molecule has 2 heterocycles. The monoisotopic (exact) mass is 364 g/mol. The van der Waals surface area contributed by atoms with Crippen LogP contribution in [0.5, 0.6) is 0 Å². The molecule has 27 heavy (non-hydrogen) atoms. The second-order valence-electron chi connectivity index (χ2n) is 7.74. The van der Waals surface area contributed by atoms with Gasteiger partial charge in [-0.05, 0) is 37.5 Å². The third-order valence-electron chi connectivity index (χ3n) is 5.94. The molecule has 5 heteroatoms. The molecule has 4 rings (SSSR count). The average molecular weight is 364 g/mol. The zero-order valence-electron chi connectivity index (χ0n) is 16.1. The lowest BCUT2D eigenvalue weighted by Crippen LogP contribution is -2.50. The number of rotatable bonds is 3. The van der Waals surface area contributed by atoms with Crippen molar-refractivity contribution in [2.45, 2.75) is 39.0 Å². The Kier molecular flexibility index (Phi) is 5.37. The summed E-state index contributed by atoms with van der Waals surface area (Å²) in [6.45, 7) is 5.33. The summed E-state index contributed by atoms with van der Waals surface area (Å²) in [6.07, 6.45) is 5.85. The molecule has 0 bridgehead atoms. The normalized spacial score (nSPS) is 18.6. The van der Waals surface area contributed by atoms with Gasteiger partial charge in [-0.2, -0.15) is 0 Å². The first kappa shape index (κ1) is 18.0. The molecule has 2 aromatic rings. The molecule has 0 atom stereocenters. The van der Waals surface area contributed by atoms with Crippen LogP contribution in [0.15, 0.2) is 36.4 Å². The van der Waals surface area contributed by atoms with Gasteiger partial charge in [-0.25, -0.2) is 0 Å². The van der Waals surface area contributed by atoms with Gasteiger partial charge < -0.3 is 9.80 Å². The van der Waals surface area contributed by atoms with Crippen molar-refractivity contribution < 1.29 is 4.79 Å². The molecule has 142 valence electrons. The summed E-state index contributed by atoms with van der Waals surface area (Å²) in [6, 6.07) is 12.3. The molecule has 0 unspecified atom stereocenters. The highest BCUT2D eigenvalue weighted by atomic mass is 16.2. The highest BCUT2D eigenvalue weighted by molar-refractivity contribution is 5.79. The van der Waals surface area contributed by atoms with E-state index in [9.17, 15) is 4.79 Å². The molecule has 0 spiro atoms. The van der Waals surface area contributed by atoms with Crippen molar-refractivity contribution in [3.05, 3.63) is 42.0 Å². The summed E-state index contributed by atoms with van der Waals surface area (Å²) in [5.74, 6) is 1.53. The number of piperazine rings is 1. The number of amides is 1. The van der Waals surface area contributed by atoms with Crippen LogP contribution in [0.25, 0.3) is 11.3 Å². The predicted octanol–water partition coefficient (Wildman–Crippen LogP) is 3.68. The Labute approximate surface area is 161 Å². The van der Waals surface area contributed by atoms with Gasteiger partial charge in [-0.1, -0.05) is 43.5 Å². The molecule has 1 aromatic heterocycles. The Hall–Kier alpha value is -2.43. The maximum atomic E-state index is 12.7. The van der Waals surface area contributed by atoms with Crippen LogP contribution >= 0.6 is 0 Å². The van der Waals surface area contributed by atoms with Crippen molar-refractivity contribution in [1.82, 2.24) is 15.1 Å². The summed E-state index contributed by atoms with van der Waals surface area (Å²) in [7, 11) is 0. The first-order valence-electron chi connectivity index (χ1n) is 10.2. The van der Waals surface area contributed by atoms with Crippen LogP contribution < -0.4 is 4.90 Å². The fourth-order valence-electron chi connectivity index (χ4n) is 4.26. The number of hydrogen-bond acceptors (Lipinski definition) is 4. The number of anilines is 1.